The molecule has 7 heteroatoms. The van der Waals surface area contributed by atoms with E-state index in [-0.39, 0.29) is 12.6 Å². The average Bonchev–Trinajstić information content (AvgIpc) is 2.48. The summed E-state index contributed by atoms with van der Waals surface area (Å²) in [6.07, 6.45) is 5.94. The van der Waals surface area contributed by atoms with E-state index < -0.39 is 22.1 Å². The molecule has 0 saturated carbocycles. The summed E-state index contributed by atoms with van der Waals surface area (Å²) in [5, 5.41) is 9.13. The van der Waals surface area contributed by atoms with Gasteiger partial charge in [-0.05, 0) is 32.1 Å². The van der Waals surface area contributed by atoms with E-state index in [1.54, 1.807) is 4.31 Å². The summed E-state index contributed by atoms with van der Waals surface area (Å²) in [5.74, 6) is -1.46. The number of piperidine rings is 2. The molecule has 2 atom stereocenters. The summed E-state index contributed by atoms with van der Waals surface area (Å²) >= 11 is 0. The smallest absolute Gasteiger partial charge is 0.307 e. The van der Waals surface area contributed by atoms with Crippen molar-refractivity contribution in [3.63, 3.8) is 0 Å². The number of hydrogen-bond donors (Lipinski definition) is 1. The fourth-order valence-corrected chi connectivity index (χ4v) is 5.37. The molecule has 2 rings (SSSR count). The molecule has 2 aliphatic rings. The lowest BCUT2D eigenvalue weighted by Gasteiger charge is -2.40. The van der Waals surface area contributed by atoms with Gasteiger partial charge < -0.3 is 5.11 Å². The molecule has 0 aromatic rings. The molecule has 2 saturated heterocycles. The van der Waals surface area contributed by atoms with Crippen molar-refractivity contribution >= 4 is 16.2 Å². The zero-order valence-corrected chi connectivity index (χ0v) is 13.5. The Kier molecular flexibility index (Phi) is 5.62. The van der Waals surface area contributed by atoms with Gasteiger partial charge in [-0.1, -0.05) is 19.8 Å². The van der Waals surface area contributed by atoms with Crippen molar-refractivity contribution in [3.05, 3.63) is 0 Å². The lowest BCUT2D eigenvalue weighted by molar-refractivity contribution is -0.142. The van der Waals surface area contributed by atoms with Gasteiger partial charge in [0.05, 0.1) is 5.92 Å². The molecule has 0 aliphatic carbocycles. The number of aliphatic carboxylic acids is 1. The van der Waals surface area contributed by atoms with E-state index in [1.807, 2.05) is 0 Å². The van der Waals surface area contributed by atoms with Gasteiger partial charge in [0, 0.05) is 25.7 Å². The number of carbonyl (C=O) groups is 1. The summed E-state index contributed by atoms with van der Waals surface area (Å²) in [6, 6.07) is 0.0824. The second-order valence-electron chi connectivity index (χ2n) is 6.09. The van der Waals surface area contributed by atoms with Gasteiger partial charge in [-0.15, -0.1) is 0 Å². The van der Waals surface area contributed by atoms with Crippen LogP contribution in [0.25, 0.3) is 0 Å². The van der Waals surface area contributed by atoms with E-state index in [2.05, 4.69) is 6.92 Å². The van der Waals surface area contributed by atoms with Gasteiger partial charge in [-0.3, -0.25) is 4.79 Å². The highest BCUT2D eigenvalue weighted by molar-refractivity contribution is 7.86. The van der Waals surface area contributed by atoms with Crippen molar-refractivity contribution in [2.24, 2.45) is 5.92 Å². The van der Waals surface area contributed by atoms with E-state index in [4.69, 9.17) is 5.11 Å². The lowest BCUT2D eigenvalue weighted by atomic mass is 10.0. The highest BCUT2D eigenvalue weighted by atomic mass is 32.2. The Bertz CT molecular complexity index is 464. The molecular formula is C14H26N2O4S. The van der Waals surface area contributed by atoms with Crippen LogP contribution in [0.15, 0.2) is 0 Å². The minimum absolute atomic E-state index is 0.0824. The summed E-state index contributed by atoms with van der Waals surface area (Å²) in [5.41, 5.74) is 0. The molecule has 2 aliphatic heterocycles. The van der Waals surface area contributed by atoms with Crippen LogP contribution in [0.4, 0.5) is 0 Å². The van der Waals surface area contributed by atoms with Crippen molar-refractivity contribution in [3.8, 4) is 0 Å². The molecule has 0 aromatic heterocycles. The Labute approximate surface area is 127 Å². The first-order valence-corrected chi connectivity index (χ1v) is 9.36. The fourth-order valence-electron chi connectivity index (χ4n) is 3.40. The highest BCUT2D eigenvalue weighted by Crippen LogP contribution is 2.28. The SMILES string of the molecule is CCCC1CCCCN1S(=O)(=O)N1CCCC(C(=O)O)C1. The van der Waals surface area contributed by atoms with Gasteiger partial charge in [-0.25, -0.2) is 0 Å². The predicted octanol–water partition coefficient (Wildman–Crippen LogP) is 1.68. The Balaban J connectivity index is 2.13. The topological polar surface area (TPSA) is 77.9 Å². The van der Waals surface area contributed by atoms with Crippen LogP contribution in [0.5, 0.6) is 0 Å². The van der Waals surface area contributed by atoms with E-state index >= 15 is 0 Å². The lowest BCUT2D eigenvalue weighted by Crippen LogP contribution is -2.53. The van der Waals surface area contributed by atoms with Gasteiger partial charge in [0.25, 0.3) is 10.2 Å². The predicted molar refractivity (Wildman–Crippen MR) is 80.1 cm³/mol. The molecule has 0 aromatic carbocycles. The molecule has 0 amide bonds. The molecule has 1 N–H and O–H groups in total. The number of hydrogen-bond acceptors (Lipinski definition) is 3. The molecule has 0 spiro atoms. The molecule has 2 fully saturated rings. The number of rotatable bonds is 5. The highest BCUT2D eigenvalue weighted by Gasteiger charge is 2.39. The number of carboxylic acid groups (broad SMARTS) is 1. The van der Waals surface area contributed by atoms with Crippen LogP contribution in [-0.4, -0.2) is 53.8 Å². The minimum Gasteiger partial charge on any atom is -0.481 e. The summed E-state index contributed by atoms with van der Waals surface area (Å²) < 4.78 is 28.7. The van der Waals surface area contributed by atoms with Crippen LogP contribution in [0.1, 0.15) is 51.9 Å². The van der Waals surface area contributed by atoms with Crippen LogP contribution in [0, 0.1) is 5.92 Å². The second-order valence-corrected chi connectivity index (χ2v) is 7.97. The van der Waals surface area contributed by atoms with Crippen LogP contribution in [0.3, 0.4) is 0 Å². The Morgan fingerprint density at radius 3 is 2.62 bits per heavy atom. The molecule has 6 nitrogen and oxygen atoms in total. The third-order valence-electron chi connectivity index (χ3n) is 4.55. The first kappa shape index (κ1) is 16.7. The number of carboxylic acids is 1. The van der Waals surface area contributed by atoms with Crippen molar-refractivity contribution in [1.29, 1.82) is 0 Å². The average molecular weight is 318 g/mol. The molecule has 2 unspecified atom stereocenters. The zero-order valence-electron chi connectivity index (χ0n) is 12.7. The summed E-state index contributed by atoms with van der Waals surface area (Å²) in [7, 11) is -3.52. The molecule has 0 radical (unpaired) electrons. The summed E-state index contributed by atoms with van der Waals surface area (Å²) in [6.45, 7) is 3.20. The van der Waals surface area contributed by atoms with Crippen molar-refractivity contribution in [2.45, 2.75) is 57.9 Å². The standard InChI is InChI=1S/C14H26N2O4S/c1-2-6-13-8-3-4-10-16(13)21(19,20)15-9-5-7-12(11-15)14(17)18/h12-13H,2-11H2,1H3,(H,17,18). The van der Waals surface area contributed by atoms with Crippen LogP contribution < -0.4 is 0 Å². The normalized spacial score (nSPS) is 29.4. The Morgan fingerprint density at radius 2 is 1.95 bits per heavy atom. The van der Waals surface area contributed by atoms with Crippen LogP contribution in [0.2, 0.25) is 0 Å². The van der Waals surface area contributed by atoms with Crippen LogP contribution in [-0.2, 0) is 15.0 Å². The van der Waals surface area contributed by atoms with Crippen molar-refractivity contribution in [2.75, 3.05) is 19.6 Å². The molecule has 122 valence electrons. The van der Waals surface area contributed by atoms with Gasteiger partial charge >= 0.3 is 5.97 Å². The van der Waals surface area contributed by atoms with E-state index in [0.29, 0.717) is 25.9 Å². The second kappa shape index (κ2) is 7.07. The first-order chi connectivity index (χ1) is 9.96. The maximum Gasteiger partial charge on any atom is 0.307 e. The quantitative estimate of drug-likeness (QED) is 0.836. The zero-order chi connectivity index (χ0) is 15.5. The molecule has 0 bridgehead atoms. The van der Waals surface area contributed by atoms with Gasteiger partial charge in [0.1, 0.15) is 0 Å². The van der Waals surface area contributed by atoms with Gasteiger partial charge in [0.15, 0.2) is 0 Å². The van der Waals surface area contributed by atoms with Crippen molar-refractivity contribution < 1.29 is 18.3 Å². The van der Waals surface area contributed by atoms with E-state index in [0.717, 1.165) is 32.1 Å². The van der Waals surface area contributed by atoms with E-state index in [9.17, 15) is 13.2 Å². The fraction of sp³-hybridized carbons (Fsp3) is 0.929. The van der Waals surface area contributed by atoms with Crippen LogP contribution >= 0.6 is 0 Å². The number of nitrogens with zero attached hydrogens (tertiary/aromatic N) is 2. The third-order valence-corrected chi connectivity index (χ3v) is 6.61. The first-order valence-electron chi connectivity index (χ1n) is 7.96. The third kappa shape index (κ3) is 3.76. The van der Waals surface area contributed by atoms with Gasteiger partial charge in [0.2, 0.25) is 0 Å². The Hall–Kier alpha value is -0.660. The van der Waals surface area contributed by atoms with Crippen molar-refractivity contribution in [1.82, 2.24) is 8.61 Å². The van der Waals surface area contributed by atoms with Gasteiger partial charge in [-0.2, -0.15) is 17.0 Å². The molecule has 21 heavy (non-hydrogen) atoms. The monoisotopic (exact) mass is 318 g/mol. The summed E-state index contributed by atoms with van der Waals surface area (Å²) in [4.78, 5) is 11.1. The largest absolute Gasteiger partial charge is 0.481 e. The van der Waals surface area contributed by atoms with E-state index in [1.165, 1.54) is 4.31 Å². The molecular weight excluding hydrogens is 292 g/mol. The maximum atomic E-state index is 12.9. The maximum absolute atomic E-state index is 12.9. The molecule has 2 heterocycles. The Morgan fingerprint density at radius 1 is 1.19 bits per heavy atom. The minimum atomic E-state index is -3.52.